The van der Waals surface area contributed by atoms with E-state index in [1.807, 2.05) is 0 Å². The van der Waals surface area contributed by atoms with Crippen molar-refractivity contribution in [2.75, 3.05) is 6.61 Å². The molecule has 0 saturated heterocycles. The smallest absolute Gasteiger partial charge is 0.113 e. The Labute approximate surface area is 199 Å². The van der Waals surface area contributed by atoms with E-state index >= 15 is 0 Å². The lowest BCUT2D eigenvalue weighted by atomic mass is 9.47. The number of rotatable bonds is 8. The van der Waals surface area contributed by atoms with Crippen molar-refractivity contribution in [1.82, 2.24) is 0 Å². The van der Waals surface area contributed by atoms with Crippen LogP contribution in [0.25, 0.3) is 0 Å². The molecule has 0 amide bonds. The molecule has 4 aliphatic rings. The van der Waals surface area contributed by atoms with Gasteiger partial charge in [0, 0.05) is 0 Å². The van der Waals surface area contributed by atoms with Crippen molar-refractivity contribution in [1.29, 1.82) is 0 Å². The minimum atomic E-state index is -0.605. The first-order chi connectivity index (χ1) is 15.1. The molecule has 0 aliphatic heterocycles. The molecule has 9 atom stereocenters. The van der Waals surface area contributed by atoms with Crippen LogP contribution in [0, 0.1) is 46.3 Å². The molecule has 0 spiro atoms. The van der Waals surface area contributed by atoms with Crippen molar-refractivity contribution in [3.05, 3.63) is 11.6 Å². The van der Waals surface area contributed by atoms with Gasteiger partial charge in [-0.2, -0.15) is 0 Å². The van der Waals surface area contributed by atoms with Crippen molar-refractivity contribution < 1.29 is 9.84 Å². The van der Waals surface area contributed by atoms with Gasteiger partial charge in [-0.25, -0.2) is 5.11 Å². The summed E-state index contributed by atoms with van der Waals surface area (Å²) in [5, 5.41) is 11.5. The maximum Gasteiger partial charge on any atom is 0.113 e. The number of ether oxygens (including phenoxy) is 1. The average Bonchev–Trinajstić information content (AvgIpc) is 3.09. The molecule has 32 heavy (non-hydrogen) atoms. The summed E-state index contributed by atoms with van der Waals surface area (Å²) in [6.45, 7) is 14.7. The Kier molecular flexibility index (Phi) is 7.53. The van der Waals surface area contributed by atoms with E-state index in [-0.39, 0.29) is 6.10 Å². The number of hydrogen-bond donors (Lipinski definition) is 0. The van der Waals surface area contributed by atoms with Crippen LogP contribution in [0.2, 0.25) is 0 Å². The largest absolute Gasteiger partial charge is 0.375 e. The minimum absolute atomic E-state index is 0.277. The quantitative estimate of drug-likeness (QED) is 0.347. The topological polar surface area (TPSA) is 29.1 Å². The Morgan fingerprint density at radius 3 is 2.50 bits per heavy atom. The number of allylic oxidation sites excluding steroid dienone is 1. The summed E-state index contributed by atoms with van der Waals surface area (Å²) < 4.78 is 5.99. The van der Waals surface area contributed by atoms with Crippen LogP contribution < -0.4 is 0 Å². The molecule has 3 saturated carbocycles. The SMILES string of the molecule is CC(C)CCC[C@@H](C)[C@H]1CCC2C3CC=C4CC(OCC(C)[O])CC[C@]4(C)C3CC[C@@]21C. The molecule has 1 radical (unpaired) electrons. The summed E-state index contributed by atoms with van der Waals surface area (Å²) >= 11 is 0. The number of hydrogen-bond acceptors (Lipinski definition) is 1. The molecule has 0 heterocycles. The summed E-state index contributed by atoms with van der Waals surface area (Å²) in [4.78, 5) is 0. The van der Waals surface area contributed by atoms with Gasteiger partial charge in [-0.3, -0.25) is 0 Å². The van der Waals surface area contributed by atoms with Crippen LogP contribution in [0.15, 0.2) is 11.6 Å². The maximum absolute atomic E-state index is 11.5. The molecular formula is C30H51O2. The second kappa shape index (κ2) is 9.73. The zero-order chi connectivity index (χ0) is 23.1. The Hall–Kier alpha value is -0.340. The van der Waals surface area contributed by atoms with Crippen molar-refractivity contribution in [3.8, 4) is 0 Å². The van der Waals surface area contributed by atoms with Gasteiger partial charge in [-0.05, 0) is 105 Å². The first-order valence-electron chi connectivity index (χ1n) is 14.1. The number of fused-ring (bicyclic) bond motifs is 5. The Morgan fingerprint density at radius 1 is 1.00 bits per heavy atom. The van der Waals surface area contributed by atoms with Crippen LogP contribution in [-0.2, 0) is 9.84 Å². The highest BCUT2D eigenvalue weighted by molar-refractivity contribution is 5.25. The van der Waals surface area contributed by atoms with Gasteiger partial charge in [0.25, 0.3) is 0 Å². The molecule has 0 N–H and O–H groups in total. The predicted octanol–water partition coefficient (Wildman–Crippen LogP) is 8.23. The van der Waals surface area contributed by atoms with E-state index in [0.29, 0.717) is 17.4 Å². The van der Waals surface area contributed by atoms with Gasteiger partial charge in [-0.1, -0.05) is 65.5 Å². The zero-order valence-corrected chi connectivity index (χ0v) is 22.0. The normalized spacial score (nSPS) is 43.2. The average molecular weight is 444 g/mol. The van der Waals surface area contributed by atoms with Crippen molar-refractivity contribution in [2.45, 2.75) is 124 Å². The second-order valence-electron chi connectivity index (χ2n) is 13.3. The maximum atomic E-state index is 11.5. The van der Waals surface area contributed by atoms with E-state index in [9.17, 15) is 5.11 Å². The molecule has 5 unspecified atom stereocenters. The third-order valence-corrected chi connectivity index (χ3v) is 10.8. The van der Waals surface area contributed by atoms with Gasteiger partial charge >= 0.3 is 0 Å². The fraction of sp³-hybridized carbons (Fsp3) is 0.933. The molecule has 4 aliphatic carbocycles. The standard InChI is InChI=1S/C30H51O2/c1-20(2)8-7-9-21(3)26-12-13-27-25-11-10-23-18-24(32-19-22(4)31)14-16-29(23,5)28(25)15-17-30(26,27)6/h10,20-22,24-28H,7-9,11-19H2,1-6H3/t21-,22?,24?,25?,26-,27?,28?,29+,30-/m1/s1. The highest BCUT2D eigenvalue weighted by Crippen LogP contribution is 2.67. The predicted molar refractivity (Wildman–Crippen MR) is 133 cm³/mol. The molecule has 0 aromatic heterocycles. The van der Waals surface area contributed by atoms with Gasteiger partial charge in [0.15, 0.2) is 0 Å². The third kappa shape index (κ3) is 4.61. The van der Waals surface area contributed by atoms with Gasteiger partial charge in [-0.15, -0.1) is 0 Å². The molecule has 4 rings (SSSR count). The van der Waals surface area contributed by atoms with E-state index < -0.39 is 6.10 Å². The van der Waals surface area contributed by atoms with Crippen LogP contribution in [0.5, 0.6) is 0 Å². The van der Waals surface area contributed by atoms with E-state index in [1.165, 1.54) is 57.8 Å². The van der Waals surface area contributed by atoms with Crippen LogP contribution in [-0.4, -0.2) is 18.8 Å². The summed E-state index contributed by atoms with van der Waals surface area (Å²) in [5.74, 6) is 5.38. The Bertz CT molecular complexity index is 666. The molecule has 3 fully saturated rings. The zero-order valence-electron chi connectivity index (χ0n) is 22.0. The molecule has 0 bridgehead atoms. The van der Waals surface area contributed by atoms with Crippen molar-refractivity contribution in [2.24, 2.45) is 46.3 Å². The van der Waals surface area contributed by atoms with Gasteiger partial charge in [0.1, 0.15) is 6.10 Å². The molecule has 2 nitrogen and oxygen atoms in total. The first-order valence-corrected chi connectivity index (χ1v) is 14.1. The molecule has 183 valence electrons. The van der Waals surface area contributed by atoms with Gasteiger partial charge in [0.05, 0.1) is 12.7 Å². The summed E-state index contributed by atoms with van der Waals surface area (Å²) in [7, 11) is 0. The first kappa shape index (κ1) is 24.8. The third-order valence-electron chi connectivity index (χ3n) is 10.8. The molecule has 0 aromatic rings. The van der Waals surface area contributed by atoms with Gasteiger partial charge in [0.2, 0.25) is 0 Å². The van der Waals surface area contributed by atoms with E-state index in [2.05, 4.69) is 40.7 Å². The highest BCUT2D eigenvalue weighted by Gasteiger charge is 2.59. The van der Waals surface area contributed by atoms with Crippen LogP contribution in [0.3, 0.4) is 0 Å². The fourth-order valence-corrected chi connectivity index (χ4v) is 9.07. The molecular weight excluding hydrogens is 392 g/mol. The minimum Gasteiger partial charge on any atom is -0.375 e. The molecule has 2 heteroatoms. The van der Waals surface area contributed by atoms with E-state index in [1.54, 1.807) is 12.5 Å². The lowest BCUT2D eigenvalue weighted by Gasteiger charge is -2.58. The van der Waals surface area contributed by atoms with Crippen LogP contribution in [0.1, 0.15) is 112 Å². The highest BCUT2D eigenvalue weighted by atomic mass is 16.5. The van der Waals surface area contributed by atoms with E-state index in [0.717, 1.165) is 48.3 Å². The second-order valence-corrected chi connectivity index (χ2v) is 13.3. The van der Waals surface area contributed by atoms with Crippen LogP contribution >= 0.6 is 0 Å². The summed E-state index contributed by atoms with van der Waals surface area (Å²) in [6, 6.07) is 0. The monoisotopic (exact) mass is 443 g/mol. The van der Waals surface area contributed by atoms with Crippen molar-refractivity contribution >= 4 is 0 Å². The Balaban J connectivity index is 1.44. The lowest BCUT2D eigenvalue weighted by molar-refractivity contribution is -0.0748. The Morgan fingerprint density at radius 2 is 1.78 bits per heavy atom. The summed E-state index contributed by atoms with van der Waals surface area (Å²) in [5.41, 5.74) is 2.63. The van der Waals surface area contributed by atoms with Crippen LogP contribution in [0.4, 0.5) is 0 Å². The van der Waals surface area contributed by atoms with E-state index in [4.69, 9.17) is 4.74 Å². The van der Waals surface area contributed by atoms with Gasteiger partial charge < -0.3 is 4.74 Å². The lowest BCUT2D eigenvalue weighted by Crippen LogP contribution is -2.51. The molecule has 0 aromatic carbocycles. The fourth-order valence-electron chi connectivity index (χ4n) is 9.07. The van der Waals surface area contributed by atoms with Crippen molar-refractivity contribution in [3.63, 3.8) is 0 Å². The summed E-state index contributed by atoms with van der Waals surface area (Å²) in [6.07, 6.45) is 17.2.